The van der Waals surface area contributed by atoms with Crippen molar-refractivity contribution in [2.24, 2.45) is 0 Å². The fraction of sp³-hybridized carbons (Fsp3) is 0.0769. The van der Waals surface area contributed by atoms with Crippen LogP contribution in [-0.2, 0) is 0 Å². The molecule has 3 rings (SSSR count). The molecule has 2 N–H and O–H groups in total. The molecule has 6 nitrogen and oxygen atoms in total. The number of aromatic amines is 1. The van der Waals surface area contributed by atoms with Crippen LogP contribution < -0.4 is 5.32 Å². The van der Waals surface area contributed by atoms with Gasteiger partial charge in [-0.2, -0.15) is 16.6 Å². The van der Waals surface area contributed by atoms with Crippen molar-refractivity contribution in [3.05, 3.63) is 62.8 Å². The van der Waals surface area contributed by atoms with Gasteiger partial charge >= 0.3 is 0 Å². The van der Waals surface area contributed by atoms with Gasteiger partial charge in [0.1, 0.15) is 11.9 Å². The Morgan fingerprint density at radius 3 is 2.91 bits per heavy atom. The first-order chi connectivity index (χ1) is 10.6. The van der Waals surface area contributed by atoms with E-state index in [1.807, 2.05) is 0 Å². The van der Waals surface area contributed by atoms with Crippen LogP contribution in [0.1, 0.15) is 27.8 Å². The van der Waals surface area contributed by atoms with Gasteiger partial charge in [0.2, 0.25) is 5.82 Å². The lowest BCUT2D eigenvalue weighted by Gasteiger charge is -2.15. The van der Waals surface area contributed by atoms with E-state index in [0.717, 1.165) is 0 Å². The number of aromatic nitrogens is 4. The third-order valence-electron chi connectivity index (χ3n) is 2.96. The summed E-state index contributed by atoms with van der Waals surface area (Å²) in [4.78, 5) is 12.2. The molecule has 0 aliphatic rings. The third kappa shape index (κ3) is 2.97. The third-order valence-corrected chi connectivity index (χ3v) is 3.95. The summed E-state index contributed by atoms with van der Waals surface area (Å²) in [7, 11) is 0. The van der Waals surface area contributed by atoms with E-state index in [4.69, 9.17) is 11.6 Å². The Bertz CT molecular complexity index is 778. The molecule has 0 fully saturated rings. The highest BCUT2D eigenvalue weighted by Gasteiger charge is 2.22. The molecular weight excluding hydrogens is 329 g/mol. The van der Waals surface area contributed by atoms with E-state index < -0.39 is 11.9 Å². The Morgan fingerprint density at radius 1 is 1.41 bits per heavy atom. The van der Waals surface area contributed by atoms with Gasteiger partial charge in [-0.1, -0.05) is 22.9 Å². The lowest BCUT2D eigenvalue weighted by Crippen LogP contribution is -2.30. The molecule has 0 spiro atoms. The molecule has 1 amide bonds. The molecule has 0 aliphatic heterocycles. The van der Waals surface area contributed by atoms with E-state index in [2.05, 4.69) is 25.9 Å². The molecule has 1 atom stereocenters. The minimum absolute atomic E-state index is 0.000210. The Hall–Kier alpha value is -2.32. The second kappa shape index (κ2) is 6.20. The largest absolute Gasteiger partial charge is 0.338 e. The summed E-state index contributed by atoms with van der Waals surface area (Å²) in [6.45, 7) is 0. The van der Waals surface area contributed by atoms with Gasteiger partial charge in [0.25, 0.3) is 5.91 Å². The van der Waals surface area contributed by atoms with Gasteiger partial charge in [0, 0.05) is 5.38 Å². The van der Waals surface area contributed by atoms with Crippen molar-refractivity contribution in [2.45, 2.75) is 6.04 Å². The summed E-state index contributed by atoms with van der Waals surface area (Å²) in [6, 6.07) is 5.20. The molecular formula is C13H9ClFN5OS. The number of halogens is 2. The molecule has 0 saturated carbocycles. The summed E-state index contributed by atoms with van der Waals surface area (Å²) in [6.07, 6.45) is 0. The summed E-state index contributed by atoms with van der Waals surface area (Å²) in [5.74, 6) is -0.672. The van der Waals surface area contributed by atoms with E-state index in [-0.39, 0.29) is 16.8 Å². The number of tetrazole rings is 1. The van der Waals surface area contributed by atoms with E-state index in [0.29, 0.717) is 11.1 Å². The molecule has 0 aliphatic carbocycles. The maximum Gasteiger partial charge on any atom is 0.252 e. The predicted molar refractivity (Wildman–Crippen MR) is 79.2 cm³/mol. The number of benzene rings is 1. The number of rotatable bonds is 4. The summed E-state index contributed by atoms with van der Waals surface area (Å²) < 4.78 is 13.7. The number of nitrogens with one attached hydrogen (secondary N) is 2. The first-order valence-electron chi connectivity index (χ1n) is 6.16. The van der Waals surface area contributed by atoms with E-state index in [1.54, 1.807) is 22.9 Å². The summed E-state index contributed by atoms with van der Waals surface area (Å²) >= 11 is 7.09. The zero-order chi connectivity index (χ0) is 15.5. The molecule has 1 unspecified atom stereocenters. The van der Waals surface area contributed by atoms with E-state index >= 15 is 0 Å². The zero-order valence-corrected chi connectivity index (χ0v) is 12.5. The zero-order valence-electron chi connectivity index (χ0n) is 11.0. The molecule has 1 aromatic carbocycles. The van der Waals surface area contributed by atoms with Crippen LogP contribution in [0.4, 0.5) is 4.39 Å². The van der Waals surface area contributed by atoms with Crippen LogP contribution in [0, 0.1) is 5.82 Å². The van der Waals surface area contributed by atoms with Crippen molar-refractivity contribution in [2.75, 3.05) is 0 Å². The Balaban J connectivity index is 1.94. The fourth-order valence-electron chi connectivity index (χ4n) is 1.89. The second-order valence-corrected chi connectivity index (χ2v) is 5.55. The topological polar surface area (TPSA) is 83.6 Å². The van der Waals surface area contributed by atoms with Gasteiger partial charge in [-0.25, -0.2) is 4.39 Å². The normalized spacial score (nSPS) is 12.1. The van der Waals surface area contributed by atoms with Gasteiger partial charge in [-0.15, -0.1) is 10.2 Å². The summed E-state index contributed by atoms with van der Waals surface area (Å²) in [5, 5.41) is 19.8. The molecule has 0 bridgehead atoms. The van der Waals surface area contributed by atoms with Crippen LogP contribution in [-0.4, -0.2) is 26.5 Å². The van der Waals surface area contributed by atoms with Crippen molar-refractivity contribution in [1.82, 2.24) is 25.9 Å². The van der Waals surface area contributed by atoms with Gasteiger partial charge in [0.05, 0.1) is 10.6 Å². The molecule has 0 saturated heterocycles. The molecule has 9 heteroatoms. The number of carbonyl (C=O) groups excluding carboxylic acids is 1. The van der Waals surface area contributed by atoms with Crippen LogP contribution in [0.25, 0.3) is 0 Å². The van der Waals surface area contributed by atoms with Crippen molar-refractivity contribution in [3.8, 4) is 0 Å². The number of H-pyrrole nitrogens is 1. The van der Waals surface area contributed by atoms with Crippen LogP contribution >= 0.6 is 22.9 Å². The highest BCUT2D eigenvalue weighted by Crippen LogP contribution is 2.23. The number of nitrogens with zero attached hydrogens (tertiary/aromatic N) is 3. The van der Waals surface area contributed by atoms with Gasteiger partial charge < -0.3 is 5.32 Å². The highest BCUT2D eigenvalue weighted by atomic mass is 35.5. The average molecular weight is 338 g/mol. The molecule has 22 heavy (non-hydrogen) atoms. The standard InChI is InChI=1S/C13H9ClFN5OS/c14-9-2-1-7(5-10(9)15)11(12-17-19-20-18-12)16-13(21)8-3-4-22-6-8/h1-6,11H,(H,16,21)(H,17,18,19,20). The van der Waals surface area contributed by atoms with Crippen molar-refractivity contribution in [3.63, 3.8) is 0 Å². The number of hydrogen-bond donors (Lipinski definition) is 2. The van der Waals surface area contributed by atoms with Crippen molar-refractivity contribution in [1.29, 1.82) is 0 Å². The van der Waals surface area contributed by atoms with Gasteiger partial charge in [0.15, 0.2) is 0 Å². The van der Waals surface area contributed by atoms with Crippen LogP contribution in [0.3, 0.4) is 0 Å². The number of thiophene rings is 1. The molecule has 0 radical (unpaired) electrons. The lowest BCUT2D eigenvalue weighted by atomic mass is 10.1. The minimum atomic E-state index is -0.738. The minimum Gasteiger partial charge on any atom is -0.338 e. The predicted octanol–water partition coefficient (Wildman–Crippen LogP) is 2.57. The number of hydrogen-bond acceptors (Lipinski definition) is 5. The van der Waals surface area contributed by atoms with Gasteiger partial charge in [-0.3, -0.25) is 4.79 Å². The monoisotopic (exact) mass is 337 g/mol. The van der Waals surface area contributed by atoms with E-state index in [1.165, 1.54) is 23.5 Å². The fourth-order valence-corrected chi connectivity index (χ4v) is 2.64. The molecule has 3 aromatic rings. The van der Waals surface area contributed by atoms with E-state index in [9.17, 15) is 9.18 Å². The van der Waals surface area contributed by atoms with Crippen molar-refractivity contribution < 1.29 is 9.18 Å². The molecule has 2 aromatic heterocycles. The Labute approximate surface area is 133 Å². The first kappa shape index (κ1) is 14.6. The summed E-state index contributed by atoms with van der Waals surface area (Å²) in [5.41, 5.74) is 0.972. The highest BCUT2D eigenvalue weighted by molar-refractivity contribution is 7.08. The number of carbonyl (C=O) groups is 1. The van der Waals surface area contributed by atoms with Gasteiger partial charge in [-0.05, 0) is 29.1 Å². The van der Waals surface area contributed by atoms with Crippen LogP contribution in [0.2, 0.25) is 5.02 Å². The SMILES string of the molecule is O=C(NC(c1ccc(Cl)c(F)c1)c1nn[nH]n1)c1ccsc1. The lowest BCUT2D eigenvalue weighted by molar-refractivity contribution is 0.0942. The number of amides is 1. The molecule has 112 valence electrons. The van der Waals surface area contributed by atoms with Crippen molar-refractivity contribution >= 4 is 28.8 Å². The smallest absolute Gasteiger partial charge is 0.252 e. The quantitative estimate of drug-likeness (QED) is 0.766. The average Bonchev–Trinajstić information content (AvgIpc) is 3.20. The maximum atomic E-state index is 13.7. The second-order valence-electron chi connectivity index (χ2n) is 4.36. The first-order valence-corrected chi connectivity index (χ1v) is 7.48. The van der Waals surface area contributed by atoms with Crippen LogP contribution in [0.5, 0.6) is 0 Å². The Morgan fingerprint density at radius 2 is 2.27 bits per heavy atom. The Kier molecular flexibility index (Phi) is 4.12. The van der Waals surface area contributed by atoms with Crippen LogP contribution in [0.15, 0.2) is 35.0 Å². The molecule has 2 heterocycles. The maximum absolute atomic E-state index is 13.7.